The molecule has 0 spiro atoms. The molecule has 6 heteroatoms. The van der Waals surface area contributed by atoms with Crippen LogP contribution in [0.3, 0.4) is 0 Å². The highest BCUT2D eigenvalue weighted by Gasteiger charge is 2.40. The number of carbonyl (C=O) groups is 2. The highest BCUT2D eigenvalue weighted by molar-refractivity contribution is 5.87. The van der Waals surface area contributed by atoms with Crippen molar-refractivity contribution in [3.05, 3.63) is 0 Å². The van der Waals surface area contributed by atoms with Crippen molar-refractivity contribution < 1.29 is 19.1 Å². The molecule has 0 bridgehead atoms. The fourth-order valence-corrected chi connectivity index (χ4v) is 2.14. The van der Waals surface area contributed by atoms with Crippen LogP contribution in [-0.4, -0.2) is 66.3 Å². The molecule has 2 fully saturated rings. The van der Waals surface area contributed by atoms with Gasteiger partial charge >= 0.3 is 6.09 Å². The zero-order chi connectivity index (χ0) is 14.2. The van der Waals surface area contributed by atoms with Crippen molar-refractivity contribution >= 4 is 12.0 Å². The number of likely N-dealkylation sites (N-methyl/N-ethyl adjacent to an activating group) is 1. The molecule has 2 atom stereocenters. The van der Waals surface area contributed by atoms with E-state index in [0.29, 0.717) is 19.5 Å². The molecule has 108 valence electrons. The van der Waals surface area contributed by atoms with Crippen molar-refractivity contribution in [3.63, 3.8) is 0 Å². The summed E-state index contributed by atoms with van der Waals surface area (Å²) in [6.07, 6.45) is 0.395. The molecule has 2 unspecified atom stereocenters. The van der Waals surface area contributed by atoms with Crippen molar-refractivity contribution in [2.45, 2.75) is 44.9 Å². The van der Waals surface area contributed by atoms with Gasteiger partial charge in [0.05, 0.1) is 12.7 Å². The highest BCUT2D eigenvalue weighted by atomic mass is 16.6. The predicted octanol–water partition coefficient (Wildman–Crippen LogP) is 0.853. The molecular weight excluding hydrogens is 248 g/mol. The summed E-state index contributed by atoms with van der Waals surface area (Å²) in [4.78, 5) is 27.3. The second-order valence-electron chi connectivity index (χ2n) is 6.14. The van der Waals surface area contributed by atoms with Gasteiger partial charge in [-0.15, -0.1) is 0 Å². The quantitative estimate of drug-likeness (QED) is 0.713. The number of epoxide rings is 1. The molecule has 2 amide bonds. The number of hydrogen-bond donors (Lipinski definition) is 0. The summed E-state index contributed by atoms with van der Waals surface area (Å²) >= 11 is 0. The molecule has 19 heavy (non-hydrogen) atoms. The van der Waals surface area contributed by atoms with Crippen LogP contribution in [0.1, 0.15) is 27.2 Å². The van der Waals surface area contributed by atoms with Gasteiger partial charge in [0.25, 0.3) is 0 Å². The monoisotopic (exact) mass is 270 g/mol. The zero-order valence-corrected chi connectivity index (χ0v) is 12.0. The molecule has 2 rings (SSSR count). The minimum atomic E-state index is -0.547. The first kappa shape index (κ1) is 14.1. The van der Waals surface area contributed by atoms with Crippen LogP contribution >= 0.6 is 0 Å². The second kappa shape index (κ2) is 5.00. The fourth-order valence-electron chi connectivity index (χ4n) is 2.14. The standard InChI is InChI=1S/C13H22N2O4/c1-13(2,3)19-12(17)14(4)10-5-6-15(11(10)16)7-9-8-18-9/h9-10H,5-8H2,1-4H3. The van der Waals surface area contributed by atoms with Gasteiger partial charge in [0.2, 0.25) is 5.91 Å². The number of nitrogens with zero attached hydrogens (tertiary/aromatic N) is 2. The summed E-state index contributed by atoms with van der Waals surface area (Å²) in [6, 6.07) is -0.409. The Hall–Kier alpha value is -1.30. The largest absolute Gasteiger partial charge is 0.444 e. The Balaban J connectivity index is 1.90. The first-order chi connectivity index (χ1) is 8.78. The number of ether oxygens (including phenoxy) is 2. The summed E-state index contributed by atoms with van der Waals surface area (Å²) in [5.41, 5.74) is -0.547. The van der Waals surface area contributed by atoms with Gasteiger partial charge in [-0.05, 0) is 27.2 Å². The van der Waals surface area contributed by atoms with Crippen LogP contribution in [0.4, 0.5) is 4.79 Å². The maximum Gasteiger partial charge on any atom is 0.410 e. The Kier molecular flexibility index (Phi) is 3.71. The number of rotatable bonds is 3. The third-order valence-corrected chi connectivity index (χ3v) is 3.24. The molecule has 0 radical (unpaired) electrons. The SMILES string of the molecule is CN(C(=O)OC(C)(C)C)C1CCN(CC2CO2)C1=O. The summed E-state index contributed by atoms with van der Waals surface area (Å²) < 4.78 is 10.4. The normalized spacial score (nSPS) is 26.5. The van der Waals surface area contributed by atoms with E-state index in [1.165, 1.54) is 4.90 Å². The number of likely N-dealkylation sites (tertiary alicyclic amines) is 1. The van der Waals surface area contributed by atoms with Crippen LogP contribution in [0.2, 0.25) is 0 Å². The van der Waals surface area contributed by atoms with Gasteiger partial charge in [-0.25, -0.2) is 4.79 Å². The van der Waals surface area contributed by atoms with Crippen molar-refractivity contribution in [2.24, 2.45) is 0 Å². The summed E-state index contributed by atoms with van der Waals surface area (Å²) in [6.45, 7) is 7.48. The average Bonchev–Trinajstić information content (AvgIpc) is 3.01. The first-order valence-electron chi connectivity index (χ1n) is 6.64. The molecule has 2 heterocycles. The second-order valence-corrected chi connectivity index (χ2v) is 6.14. The lowest BCUT2D eigenvalue weighted by Gasteiger charge is -2.27. The van der Waals surface area contributed by atoms with E-state index in [-0.39, 0.29) is 12.0 Å². The molecule has 2 aliphatic heterocycles. The summed E-state index contributed by atoms with van der Waals surface area (Å²) in [5.74, 6) is -0.0103. The third-order valence-electron chi connectivity index (χ3n) is 3.24. The van der Waals surface area contributed by atoms with Gasteiger partial charge in [0.1, 0.15) is 11.6 Å². The van der Waals surface area contributed by atoms with Crippen molar-refractivity contribution in [1.82, 2.24) is 9.80 Å². The van der Waals surface area contributed by atoms with E-state index in [9.17, 15) is 9.59 Å². The molecular formula is C13H22N2O4. The molecule has 0 aromatic heterocycles. The average molecular weight is 270 g/mol. The van der Waals surface area contributed by atoms with E-state index in [1.54, 1.807) is 11.9 Å². The third kappa shape index (κ3) is 3.59. The van der Waals surface area contributed by atoms with Gasteiger partial charge in [0.15, 0.2) is 0 Å². The van der Waals surface area contributed by atoms with Crippen LogP contribution in [-0.2, 0) is 14.3 Å². The van der Waals surface area contributed by atoms with E-state index in [2.05, 4.69) is 0 Å². The van der Waals surface area contributed by atoms with Gasteiger partial charge in [-0.2, -0.15) is 0 Å². The van der Waals surface area contributed by atoms with Crippen LogP contribution in [0.5, 0.6) is 0 Å². The number of amides is 2. The summed E-state index contributed by atoms with van der Waals surface area (Å²) in [5, 5.41) is 0. The minimum Gasteiger partial charge on any atom is -0.444 e. The predicted molar refractivity (Wildman–Crippen MR) is 68.7 cm³/mol. The lowest BCUT2D eigenvalue weighted by Crippen LogP contribution is -2.45. The lowest BCUT2D eigenvalue weighted by atomic mass is 10.2. The summed E-state index contributed by atoms with van der Waals surface area (Å²) in [7, 11) is 1.62. The van der Waals surface area contributed by atoms with Gasteiger partial charge < -0.3 is 14.4 Å². The molecule has 2 saturated heterocycles. The Labute approximate surface area is 113 Å². The fraction of sp³-hybridized carbons (Fsp3) is 0.846. The van der Waals surface area contributed by atoms with Gasteiger partial charge in [-0.3, -0.25) is 9.69 Å². The Morgan fingerprint density at radius 3 is 2.68 bits per heavy atom. The Morgan fingerprint density at radius 2 is 2.16 bits per heavy atom. The maximum absolute atomic E-state index is 12.2. The van der Waals surface area contributed by atoms with Gasteiger partial charge in [-0.1, -0.05) is 0 Å². The van der Waals surface area contributed by atoms with Crippen LogP contribution in [0, 0.1) is 0 Å². The first-order valence-corrected chi connectivity index (χ1v) is 6.64. The minimum absolute atomic E-state index is 0.0103. The molecule has 0 N–H and O–H groups in total. The van der Waals surface area contributed by atoms with E-state index < -0.39 is 17.7 Å². The van der Waals surface area contributed by atoms with Crippen LogP contribution in [0.15, 0.2) is 0 Å². The number of carbonyl (C=O) groups excluding carboxylic acids is 2. The smallest absolute Gasteiger partial charge is 0.410 e. The van der Waals surface area contributed by atoms with E-state index in [1.807, 2.05) is 20.8 Å². The van der Waals surface area contributed by atoms with Crippen molar-refractivity contribution in [2.75, 3.05) is 26.7 Å². The van der Waals surface area contributed by atoms with Crippen LogP contribution in [0.25, 0.3) is 0 Å². The highest BCUT2D eigenvalue weighted by Crippen LogP contribution is 2.21. The van der Waals surface area contributed by atoms with Crippen molar-refractivity contribution in [1.29, 1.82) is 0 Å². The molecule has 0 aromatic rings. The lowest BCUT2D eigenvalue weighted by molar-refractivity contribution is -0.131. The van der Waals surface area contributed by atoms with Gasteiger partial charge in [0, 0.05) is 20.1 Å². The molecule has 0 aromatic carbocycles. The van der Waals surface area contributed by atoms with E-state index in [0.717, 1.165) is 6.61 Å². The maximum atomic E-state index is 12.2. The zero-order valence-electron chi connectivity index (χ0n) is 12.0. The topological polar surface area (TPSA) is 62.4 Å². The number of hydrogen-bond acceptors (Lipinski definition) is 4. The van der Waals surface area contributed by atoms with Crippen molar-refractivity contribution in [3.8, 4) is 0 Å². The van der Waals surface area contributed by atoms with E-state index >= 15 is 0 Å². The van der Waals surface area contributed by atoms with E-state index in [4.69, 9.17) is 9.47 Å². The molecule has 0 saturated carbocycles. The molecule has 2 aliphatic rings. The Bertz CT molecular complexity index is 373. The molecule has 6 nitrogen and oxygen atoms in total. The van der Waals surface area contributed by atoms with Crippen LogP contribution < -0.4 is 0 Å². The Morgan fingerprint density at radius 1 is 1.53 bits per heavy atom. The molecule has 0 aliphatic carbocycles.